The third-order valence-corrected chi connectivity index (χ3v) is 5.62. The molecular weight excluding hydrogens is 539 g/mol. The van der Waals surface area contributed by atoms with Gasteiger partial charge in [0.15, 0.2) is 17.5 Å². The molecule has 4 rings (SSSR count). The van der Waals surface area contributed by atoms with Gasteiger partial charge in [-0.05, 0) is 41.6 Å². The van der Waals surface area contributed by atoms with Crippen molar-refractivity contribution in [1.82, 2.24) is 10.3 Å². The van der Waals surface area contributed by atoms with E-state index in [2.05, 4.69) is 33.1 Å². The number of thiophene rings is 1. The van der Waals surface area contributed by atoms with Gasteiger partial charge in [0.05, 0.1) is 26.9 Å². The monoisotopic (exact) mass is 566 g/mol. The fourth-order valence-electron chi connectivity index (χ4n) is 3.11. The number of nitrogens with one attached hydrogen (secondary N) is 2. The van der Waals surface area contributed by atoms with E-state index in [1.165, 1.54) is 4.88 Å². The molecule has 0 saturated heterocycles. The van der Waals surface area contributed by atoms with Crippen molar-refractivity contribution in [3.8, 4) is 17.4 Å². The third kappa shape index (κ3) is 6.99. The van der Waals surface area contributed by atoms with E-state index in [0.717, 1.165) is 42.1 Å². The minimum atomic E-state index is 0. The van der Waals surface area contributed by atoms with E-state index in [1.54, 1.807) is 24.6 Å². The molecule has 0 atom stereocenters. The van der Waals surface area contributed by atoms with Crippen LogP contribution in [0.1, 0.15) is 16.9 Å². The van der Waals surface area contributed by atoms with Crippen molar-refractivity contribution in [2.24, 2.45) is 4.99 Å². The summed E-state index contributed by atoms with van der Waals surface area (Å²) >= 11 is 1.76. The molecule has 0 aliphatic carbocycles. The Hall–Kier alpha value is -2.53. The Kier molecular flexibility index (Phi) is 9.42. The van der Waals surface area contributed by atoms with Crippen LogP contribution < -0.4 is 24.8 Å². The molecule has 0 amide bonds. The van der Waals surface area contributed by atoms with Crippen LogP contribution in [0.15, 0.2) is 59.0 Å². The summed E-state index contributed by atoms with van der Waals surface area (Å²) in [6.07, 6.45) is 3.54. The molecule has 170 valence electrons. The molecule has 3 aromatic rings. The van der Waals surface area contributed by atoms with Crippen LogP contribution in [-0.4, -0.2) is 37.8 Å². The minimum Gasteiger partial charge on any atom is -0.490 e. The predicted octanol–water partition coefficient (Wildman–Crippen LogP) is 4.73. The standard InChI is InChI=1S/C23H26N4O3S.HI/c1-28-22-14-17(7-9-24-22)16-26-23(25-10-8-19-4-2-13-31-19)27-18-5-6-20-21(15-18)30-12-3-11-29-20;/h2,4-7,9,13-15H,3,8,10-12,16H2,1H3,(H2,25,26,27);1H. The fraction of sp³-hybridized carbons (Fsp3) is 0.304. The highest BCUT2D eigenvalue weighted by Crippen LogP contribution is 2.32. The van der Waals surface area contributed by atoms with Gasteiger partial charge in [0.2, 0.25) is 5.88 Å². The van der Waals surface area contributed by atoms with Crippen LogP contribution in [0.3, 0.4) is 0 Å². The van der Waals surface area contributed by atoms with Crippen molar-refractivity contribution in [3.63, 3.8) is 0 Å². The number of rotatable bonds is 7. The number of hydrogen-bond donors (Lipinski definition) is 2. The summed E-state index contributed by atoms with van der Waals surface area (Å²) < 4.78 is 16.7. The number of benzene rings is 1. The average Bonchev–Trinajstić information content (AvgIpc) is 3.21. The number of guanidine groups is 1. The van der Waals surface area contributed by atoms with Crippen molar-refractivity contribution in [3.05, 3.63) is 64.5 Å². The topological polar surface area (TPSA) is 77.0 Å². The number of anilines is 1. The van der Waals surface area contributed by atoms with Crippen LogP contribution in [0.4, 0.5) is 5.69 Å². The molecule has 0 bridgehead atoms. The maximum Gasteiger partial charge on any atom is 0.213 e. The molecule has 0 radical (unpaired) electrons. The minimum absolute atomic E-state index is 0. The zero-order valence-corrected chi connectivity index (χ0v) is 21.0. The van der Waals surface area contributed by atoms with Crippen LogP contribution in [0, 0.1) is 0 Å². The molecule has 0 fully saturated rings. The van der Waals surface area contributed by atoms with Crippen LogP contribution in [0.5, 0.6) is 17.4 Å². The van der Waals surface area contributed by atoms with Gasteiger partial charge in [-0.15, -0.1) is 35.3 Å². The summed E-state index contributed by atoms with van der Waals surface area (Å²) in [5, 5.41) is 8.91. The lowest BCUT2D eigenvalue weighted by Gasteiger charge is -2.14. The quantitative estimate of drug-likeness (QED) is 0.245. The van der Waals surface area contributed by atoms with E-state index in [9.17, 15) is 0 Å². The largest absolute Gasteiger partial charge is 0.490 e. The second-order valence-corrected chi connectivity index (χ2v) is 8.00. The molecule has 1 aliphatic heterocycles. The van der Waals surface area contributed by atoms with Gasteiger partial charge < -0.3 is 24.8 Å². The normalized spacial score (nSPS) is 13.0. The predicted molar refractivity (Wildman–Crippen MR) is 139 cm³/mol. The summed E-state index contributed by atoms with van der Waals surface area (Å²) in [5.74, 6) is 2.80. The fourth-order valence-corrected chi connectivity index (χ4v) is 3.82. The van der Waals surface area contributed by atoms with Gasteiger partial charge >= 0.3 is 0 Å². The molecule has 0 unspecified atom stereocenters. The van der Waals surface area contributed by atoms with Crippen molar-refractivity contribution in [2.45, 2.75) is 19.4 Å². The first kappa shape index (κ1) is 24.1. The number of fused-ring (bicyclic) bond motifs is 1. The second-order valence-electron chi connectivity index (χ2n) is 6.96. The zero-order valence-electron chi connectivity index (χ0n) is 17.9. The number of aromatic nitrogens is 1. The SMILES string of the molecule is COc1cc(CN=C(NCCc2cccs2)Nc2ccc3c(c2)OCCCO3)ccn1.I. The van der Waals surface area contributed by atoms with Crippen molar-refractivity contribution in [1.29, 1.82) is 0 Å². The molecular formula is C23H27IN4O3S. The van der Waals surface area contributed by atoms with Gasteiger partial charge in [0.1, 0.15) is 0 Å². The maximum absolute atomic E-state index is 5.81. The third-order valence-electron chi connectivity index (χ3n) is 4.68. The van der Waals surface area contributed by atoms with Gasteiger partial charge in [-0.3, -0.25) is 0 Å². The summed E-state index contributed by atoms with van der Waals surface area (Å²) in [6, 6.07) is 13.9. The number of halogens is 1. The van der Waals surface area contributed by atoms with E-state index >= 15 is 0 Å². The van der Waals surface area contributed by atoms with E-state index in [1.807, 2.05) is 30.3 Å². The van der Waals surface area contributed by atoms with Gasteiger partial charge in [-0.25, -0.2) is 9.98 Å². The number of ether oxygens (including phenoxy) is 3. The number of methoxy groups -OCH3 is 1. The maximum atomic E-state index is 5.81. The van der Waals surface area contributed by atoms with Gasteiger partial charge in [0.25, 0.3) is 0 Å². The zero-order chi connectivity index (χ0) is 21.3. The molecule has 1 aromatic carbocycles. The van der Waals surface area contributed by atoms with E-state index in [-0.39, 0.29) is 24.0 Å². The molecule has 1 aliphatic rings. The molecule has 0 saturated carbocycles. The summed E-state index contributed by atoms with van der Waals surface area (Å²) in [5.41, 5.74) is 1.91. The lowest BCUT2D eigenvalue weighted by atomic mass is 10.2. The van der Waals surface area contributed by atoms with Crippen molar-refractivity contribution in [2.75, 3.05) is 32.2 Å². The summed E-state index contributed by atoms with van der Waals surface area (Å²) in [7, 11) is 1.61. The highest BCUT2D eigenvalue weighted by molar-refractivity contribution is 14.0. The smallest absolute Gasteiger partial charge is 0.213 e. The van der Waals surface area contributed by atoms with Gasteiger partial charge in [-0.1, -0.05) is 6.07 Å². The van der Waals surface area contributed by atoms with Crippen molar-refractivity contribution < 1.29 is 14.2 Å². The summed E-state index contributed by atoms with van der Waals surface area (Å²) in [6.45, 7) is 2.60. The Morgan fingerprint density at radius 3 is 2.84 bits per heavy atom. The number of pyridine rings is 1. The van der Waals surface area contributed by atoms with Gasteiger partial charge in [-0.2, -0.15) is 0 Å². The van der Waals surface area contributed by atoms with Crippen LogP contribution in [0.2, 0.25) is 0 Å². The Morgan fingerprint density at radius 2 is 2.03 bits per heavy atom. The second kappa shape index (κ2) is 12.5. The van der Waals surface area contributed by atoms with E-state index in [0.29, 0.717) is 31.6 Å². The molecule has 2 aromatic heterocycles. The molecule has 3 heterocycles. The Morgan fingerprint density at radius 1 is 1.16 bits per heavy atom. The first-order valence-corrected chi connectivity index (χ1v) is 11.1. The van der Waals surface area contributed by atoms with E-state index in [4.69, 9.17) is 19.2 Å². The first-order chi connectivity index (χ1) is 15.3. The van der Waals surface area contributed by atoms with E-state index < -0.39 is 0 Å². The Balaban J connectivity index is 0.00000289. The van der Waals surface area contributed by atoms with Crippen LogP contribution >= 0.6 is 35.3 Å². The molecule has 0 spiro atoms. The highest BCUT2D eigenvalue weighted by Gasteiger charge is 2.11. The molecule has 2 N–H and O–H groups in total. The summed E-state index contributed by atoms with van der Waals surface area (Å²) in [4.78, 5) is 10.2. The lowest BCUT2D eigenvalue weighted by molar-refractivity contribution is 0.297. The average molecular weight is 566 g/mol. The lowest BCUT2D eigenvalue weighted by Crippen LogP contribution is -2.32. The van der Waals surface area contributed by atoms with Crippen LogP contribution in [0.25, 0.3) is 0 Å². The first-order valence-electron chi connectivity index (χ1n) is 10.3. The van der Waals surface area contributed by atoms with Gasteiger partial charge in [0, 0.05) is 41.9 Å². The molecule has 9 heteroatoms. The van der Waals surface area contributed by atoms with Crippen LogP contribution in [-0.2, 0) is 13.0 Å². The van der Waals surface area contributed by atoms with Crippen molar-refractivity contribution >= 4 is 47.0 Å². The molecule has 7 nitrogen and oxygen atoms in total. The number of aliphatic imine (C=N–C) groups is 1. The highest BCUT2D eigenvalue weighted by atomic mass is 127. The number of nitrogens with zero attached hydrogens (tertiary/aromatic N) is 2. The Labute approximate surface area is 209 Å². The molecule has 32 heavy (non-hydrogen) atoms. The Bertz CT molecular complexity index is 1010. The number of hydrogen-bond acceptors (Lipinski definition) is 6.